The zero-order valence-electron chi connectivity index (χ0n) is 16.2. The molecule has 2 aromatic carbocycles. The highest BCUT2D eigenvalue weighted by Crippen LogP contribution is 2.28. The van der Waals surface area contributed by atoms with E-state index in [9.17, 15) is 14.0 Å². The number of anilines is 2. The van der Waals surface area contributed by atoms with Crippen molar-refractivity contribution < 1.29 is 28.7 Å². The van der Waals surface area contributed by atoms with Gasteiger partial charge in [0.2, 0.25) is 0 Å². The van der Waals surface area contributed by atoms with Gasteiger partial charge < -0.3 is 19.6 Å². The van der Waals surface area contributed by atoms with Crippen molar-refractivity contribution in [3.8, 4) is 0 Å². The molecular weight excluding hydrogens is 393 g/mol. The topological polar surface area (TPSA) is 82.6 Å². The fourth-order valence-corrected chi connectivity index (χ4v) is 3.51. The molecule has 158 valence electrons. The first-order chi connectivity index (χ1) is 14.5. The van der Waals surface area contributed by atoms with E-state index in [0.29, 0.717) is 43.1 Å². The van der Waals surface area contributed by atoms with Crippen LogP contribution in [0.15, 0.2) is 48.5 Å². The SMILES string of the molecule is O=C(ON1CCN(c2ccc(N3C[C@H](CO)OC3=O)cc2F)CC1)c1ccccc1. The van der Waals surface area contributed by atoms with E-state index < -0.39 is 24.0 Å². The number of rotatable bonds is 5. The lowest BCUT2D eigenvalue weighted by Crippen LogP contribution is -2.47. The molecule has 4 rings (SSSR count). The Morgan fingerprint density at radius 2 is 1.87 bits per heavy atom. The number of cyclic esters (lactones) is 1. The molecule has 30 heavy (non-hydrogen) atoms. The molecule has 0 spiro atoms. The van der Waals surface area contributed by atoms with Gasteiger partial charge in [-0.1, -0.05) is 18.2 Å². The first kappa shape index (κ1) is 20.1. The molecule has 2 aliphatic heterocycles. The fourth-order valence-electron chi connectivity index (χ4n) is 3.51. The summed E-state index contributed by atoms with van der Waals surface area (Å²) in [5.74, 6) is -0.874. The van der Waals surface area contributed by atoms with Crippen molar-refractivity contribution in [1.82, 2.24) is 5.06 Å². The number of nitrogens with zero attached hydrogens (tertiary/aromatic N) is 3. The van der Waals surface area contributed by atoms with Gasteiger partial charge in [0.1, 0.15) is 11.9 Å². The van der Waals surface area contributed by atoms with Crippen LogP contribution in [0.5, 0.6) is 0 Å². The van der Waals surface area contributed by atoms with Crippen molar-refractivity contribution in [2.75, 3.05) is 49.1 Å². The first-order valence-electron chi connectivity index (χ1n) is 9.71. The van der Waals surface area contributed by atoms with Gasteiger partial charge in [0, 0.05) is 13.1 Å². The van der Waals surface area contributed by atoms with Gasteiger partial charge in [0.05, 0.1) is 43.2 Å². The van der Waals surface area contributed by atoms with Crippen LogP contribution < -0.4 is 9.80 Å². The van der Waals surface area contributed by atoms with E-state index in [2.05, 4.69) is 0 Å². The summed E-state index contributed by atoms with van der Waals surface area (Å²) in [7, 11) is 0. The third-order valence-electron chi connectivity index (χ3n) is 5.12. The van der Waals surface area contributed by atoms with Gasteiger partial charge in [-0.15, -0.1) is 5.06 Å². The molecule has 9 heteroatoms. The molecule has 0 aromatic heterocycles. The molecule has 0 radical (unpaired) electrons. The molecule has 2 fully saturated rings. The molecule has 1 N–H and O–H groups in total. The molecule has 0 aliphatic carbocycles. The number of benzene rings is 2. The molecule has 2 heterocycles. The standard InChI is InChI=1S/C21H22FN3O5/c22-18-12-16(25-13-17(14-26)29-21(25)28)6-7-19(18)23-8-10-24(11-9-23)30-20(27)15-4-2-1-3-5-15/h1-7,12,17,26H,8-11,13-14H2/t17-/m1/s1. The lowest BCUT2D eigenvalue weighted by atomic mass is 10.2. The zero-order valence-corrected chi connectivity index (χ0v) is 16.2. The van der Waals surface area contributed by atoms with Gasteiger partial charge in [0.25, 0.3) is 0 Å². The predicted molar refractivity (Wildman–Crippen MR) is 107 cm³/mol. The number of halogens is 1. The monoisotopic (exact) mass is 415 g/mol. The maximum Gasteiger partial charge on any atom is 0.414 e. The number of carbonyl (C=O) groups excluding carboxylic acids is 2. The number of aliphatic hydroxyl groups is 1. The van der Waals surface area contributed by atoms with E-state index in [4.69, 9.17) is 14.7 Å². The van der Waals surface area contributed by atoms with Gasteiger partial charge in [-0.2, -0.15) is 0 Å². The van der Waals surface area contributed by atoms with Crippen LogP contribution in [0.3, 0.4) is 0 Å². The summed E-state index contributed by atoms with van der Waals surface area (Å²) in [6, 6.07) is 13.3. The molecule has 2 saturated heterocycles. The van der Waals surface area contributed by atoms with Crippen molar-refractivity contribution in [3.05, 3.63) is 59.9 Å². The molecule has 2 aliphatic rings. The quantitative estimate of drug-likeness (QED) is 0.800. The third kappa shape index (κ3) is 4.22. The molecule has 0 saturated carbocycles. The number of aliphatic hydroxyl groups excluding tert-OH is 1. The Morgan fingerprint density at radius 1 is 1.13 bits per heavy atom. The summed E-state index contributed by atoms with van der Waals surface area (Å²) in [5, 5.41) is 10.7. The van der Waals surface area contributed by atoms with Crippen LogP contribution in [0.25, 0.3) is 0 Å². The Labute approximate surface area is 173 Å². The van der Waals surface area contributed by atoms with E-state index in [0.717, 1.165) is 0 Å². The van der Waals surface area contributed by atoms with Crippen molar-refractivity contribution in [2.24, 2.45) is 0 Å². The second kappa shape index (κ2) is 8.68. The molecule has 2 aromatic rings. The normalized spacial score (nSPS) is 19.7. The van der Waals surface area contributed by atoms with E-state index in [1.165, 1.54) is 11.0 Å². The van der Waals surface area contributed by atoms with Crippen molar-refractivity contribution in [2.45, 2.75) is 6.10 Å². The van der Waals surface area contributed by atoms with Gasteiger partial charge in [0.15, 0.2) is 0 Å². The summed E-state index contributed by atoms with van der Waals surface area (Å²) >= 11 is 0. The number of ether oxygens (including phenoxy) is 1. The smallest absolute Gasteiger partial charge is 0.414 e. The number of hydroxylamine groups is 2. The molecule has 0 unspecified atom stereocenters. The second-order valence-electron chi connectivity index (χ2n) is 7.10. The highest BCUT2D eigenvalue weighted by molar-refractivity contribution is 5.90. The summed E-state index contributed by atoms with van der Waals surface area (Å²) in [6.07, 6.45) is -1.21. The number of carbonyl (C=O) groups is 2. The number of amides is 1. The van der Waals surface area contributed by atoms with Crippen molar-refractivity contribution >= 4 is 23.4 Å². The highest BCUT2D eigenvalue weighted by atomic mass is 19.1. The molecule has 0 bridgehead atoms. The van der Waals surface area contributed by atoms with Crippen LogP contribution in [-0.2, 0) is 9.57 Å². The average Bonchev–Trinajstić information content (AvgIpc) is 3.16. The van der Waals surface area contributed by atoms with Gasteiger partial charge in [-0.25, -0.2) is 14.0 Å². The average molecular weight is 415 g/mol. The summed E-state index contributed by atoms with van der Waals surface area (Å²) < 4.78 is 19.8. The molecular formula is C21H22FN3O5. The van der Waals surface area contributed by atoms with E-state index in [1.54, 1.807) is 41.5 Å². The number of hydrogen-bond donors (Lipinski definition) is 1. The van der Waals surface area contributed by atoms with E-state index in [-0.39, 0.29) is 13.2 Å². The number of piperazine rings is 1. The van der Waals surface area contributed by atoms with Crippen LogP contribution in [0.2, 0.25) is 0 Å². The number of hydrogen-bond acceptors (Lipinski definition) is 7. The van der Waals surface area contributed by atoms with Crippen LogP contribution in [0.1, 0.15) is 10.4 Å². The highest BCUT2D eigenvalue weighted by Gasteiger charge is 2.32. The van der Waals surface area contributed by atoms with Gasteiger partial charge in [-0.05, 0) is 30.3 Å². The Kier molecular flexibility index (Phi) is 5.82. The van der Waals surface area contributed by atoms with Crippen LogP contribution >= 0.6 is 0 Å². The summed E-state index contributed by atoms with van der Waals surface area (Å²) in [5.41, 5.74) is 1.28. The lowest BCUT2D eigenvalue weighted by Gasteiger charge is -2.35. The second-order valence-corrected chi connectivity index (χ2v) is 7.10. The maximum atomic E-state index is 14.8. The molecule has 1 amide bonds. The molecule has 1 atom stereocenters. The van der Waals surface area contributed by atoms with Gasteiger partial charge in [-0.3, -0.25) is 4.90 Å². The predicted octanol–water partition coefficient (Wildman–Crippen LogP) is 2.04. The largest absolute Gasteiger partial charge is 0.441 e. The Balaban J connectivity index is 1.36. The van der Waals surface area contributed by atoms with Crippen LogP contribution in [0.4, 0.5) is 20.6 Å². The zero-order chi connectivity index (χ0) is 21.1. The summed E-state index contributed by atoms with van der Waals surface area (Å²) in [4.78, 5) is 32.6. The van der Waals surface area contributed by atoms with Gasteiger partial charge >= 0.3 is 12.1 Å². The van der Waals surface area contributed by atoms with Crippen LogP contribution in [0, 0.1) is 5.82 Å². The lowest BCUT2D eigenvalue weighted by molar-refractivity contribution is -0.112. The van der Waals surface area contributed by atoms with Crippen molar-refractivity contribution in [1.29, 1.82) is 0 Å². The van der Waals surface area contributed by atoms with Crippen molar-refractivity contribution in [3.63, 3.8) is 0 Å². The van der Waals surface area contributed by atoms with E-state index >= 15 is 0 Å². The minimum atomic E-state index is -0.605. The Morgan fingerprint density at radius 3 is 2.50 bits per heavy atom. The first-order valence-corrected chi connectivity index (χ1v) is 9.71. The summed E-state index contributed by atoms with van der Waals surface area (Å²) in [6.45, 7) is 1.75. The Hall–Kier alpha value is -3.17. The van der Waals surface area contributed by atoms with Crippen LogP contribution in [-0.4, -0.2) is 67.7 Å². The maximum absolute atomic E-state index is 14.8. The molecule has 8 nitrogen and oxygen atoms in total. The van der Waals surface area contributed by atoms with E-state index in [1.807, 2.05) is 11.0 Å². The third-order valence-corrected chi connectivity index (χ3v) is 5.12. The minimum absolute atomic E-state index is 0.180. The fraction of sp³-hybridized carbons (Fsp3) is 0.333. The Bertz CT molecular complexity index is 918. The minimum Gasteiger partial charge on any atom is -0.441 e.